The Morgan fingerprint density at radius 3 is 2.48 bits per heavy atom. The monoisotopic (exact) mass is 472 g/mol. The van der Waals surface area contributed by atoms with E-state index in [-0.39, 0.29) is 24.0 Å². The lowest BCUT2D eigenvalue weighted by Gasteiger charge is -2.11. The number of nitrogens with one attached hydrogen (secondary N) is 2. The molecule has 0 saturated heterocycles. The summed E-state index contributed by atoms with van der Waals surface area (Å²) in [6, 6.07) is 15.8. The summed E-state index contributed by atoms with van der Waals surface area (Å²) in [6.45, 7) is 1.38. The summed E-state index contributed by atoms with van der Waals surface area (Å²) in [5, 5.41) is 6.44. The van der Waals surface area contributed by atoms with Crippen molar-refractivity contribution in [2.24, 2.45) is 4.99 Å². The average molecular weight is 472 g/mol. The maximum Gasteiger partial charge on any atom is 0.191 e. The van der Waals surface area contributed by atoms with Gasteiger partial charge in [0, 0.05) is 60.8 Å². The third-order valence-corrected chi connectivity index (χ3v) is 4.73. The van der Waals surface area contributed by atoms with Crippen molar-refractivity contribution >= 4 is 40.7 Å². The first-order valence-corrected chi connectivity index (χ1v) is 9.50. The normalized spacial score (nSPS) is 12.1. The molecule has 1 aromatic carbocycles. The number of aromatic nitrogens is 1. The largest absolute Gasteiger partial charge is 0.356 e. The van der Waals surface area contributed by atoms with Crippen LogP contribution in [0, 0.1) is 0 Å². The van der Waals surface area contributed by atoms with Gasteiger partial charge in [0.2, 0.25) is 0 Å². The Labute approximate surface area is 169 Å². The second-order valence-corrected chi connectivity index (χ2v) is 6.85. The molecule has 0 radical (unpaired) electrons. The number of halogens is 1. The molecule has 2 N–H and O–H groups in total. The van der Waals surface area contributed by atoms with E-state index in [0.717, 1.165) is 30.2 Å². The molecule has 0 aliphatic carbocycles. The predicted octanol–water partition coefficient (Wildman–Crippen LogP) is 2.36. The number of benzene rings is 1. The topological polar surface area (TPSA) is 66.4 Å². The maximum atomic E-state index is 12.1. The van der Waals surface area contributed by atoms with Gasteiger partial charge in [0.15, 0.2) is 5.96 Å². The third-order valence-electron chi connectivity index (χ3n) is 3.42. The number of hydrogen-bond donors (Lipinski definition) is 2. The molecule has 1 aromatic heterocycles. The molecule has 0 saturated carbocycles. The van der Waals surface area contributed by atoms with Gasteiger partial charge in [-0.3, -0.25) is 14.2 Å². The average Bonchev–Trinajstić information content (AvgIpc) is 2.62. The molecule has 25 heavy (non-hydrogen) atoms. The molecule has 7 heteroatoms. The Bertz CT molecular complexity index is 653. The summed E-state index contributed by atoms with van der Waals surface area (Å²) in [6.07, 6.45) is 2.63. The van der Waals surface area contributed by atoms with Crippen molar-refractivity contribution < 1.29 is 4.21 Å². The summed E-state index contributed by atoms with van der Waals surface area (Å²) in [7, 11) is 0.853. The van der Waals surface area contributed by atoms with Crippen LogP contribution < -0.4 is 10.6 Å². The minimum absolute atomic E-state index is 0. The van der Waals surface area contributed by atoms with Gasteiger partial charge in [0.1, 0.15) is 0 Å². The SMILES string of the molecule is CN=C(NCCc1ccccn1)NCCS(=O)Cc1ccccc1.I. The Balaban J connectivity index is 0.00000312. The highest BCUT2D eigenvalue weighted by Crippen LogP contribution is 2.02. The van der Waals surface area contributed by atoms with Crippen LogP contribution in [0.1, 0.15) is 11.3 Å². The first-order valence-electron chi connectivity index (χ1n) is 8.01. The van der Waals surface area contributed by atoms with Crippen LogP contribution in [0.4, 0.5) is 0 Å². The smallest absolute Gasteiger partial charge is 0.191 e. The predicted molar refractivity (Wildman–Crippen MR) is 116 cm³/mol. The molecule has 5 nitrogen and oxygen atoms in total. The first kappa shape index (κ1) is 21.6. The van der Waals surface area contributed by atoms with Crippen molar-refractivity contribution in [3.05, 3.63) is 66.0 Å². The molecule has 0 aliphatic rings. The molecule has 1 atom stereocenters. The van der Waals surface area contributed by atoms with Crippen molar-refractivity contribution in [1.29, 1.82) is 0 Å². The van der Waals surface area contributed by atoms with E-state index < -0.39 is 10.8 Å². The Hall–Kier alpha value is -1.48. The van der Waals surface area contributed by atoms with E-state index >= 15 is 0 Å². The Kier molecular flexibility index (Phi) is 11.1. The fourth-order valence-electron chi connectivity index (χ4n) is 2.19. The first-order chi connectivity index (χ1) is 11.8. The zero-order chi connectivity index (χ0) is 17.0. The van der Waals surface area contributed by atoms with Gasteiger partial charge in [-0.2, -0.15) is 0 Å². The van der Waals surface area contributed by atoms with Crippen molar-refractivity contribution in [2.45, 2.75) is 12.2 Å². The highest BCUT2D eigenvalue weighted by Gasteiger charge is 2.03. The van der Waals surface area contributed by atoms with Crippen LogP contribution in [0.25, 0.3) is 0 Å². The molecule has 1 heterocycles. The molecule has 1 unspecified atom stereocenters. The van der Waals surface area contributed by atoms with E-state index in [1.165, 1.54) is 0 Å². The fraction of sp³-hybridized carbons (Fsp3) is 0.333. The summed E-state index contributed by atoms with van der Waals surface area (Å²) in [5.41, 5.74) is 2.15. The molecule has 136 valence electrons. The van der Waals surface area contributed by atoms with Gasteiger partial charge in [0.05, 0.1) is 0 Å². The van der Waals surface area contributed by atoms with Gasteiger partial charge in [0.25, 0.3) is 0 Å². The molecule has 0 fully saturated rings. The molecular weight excluding hydrogens is 447 g/mol. The molecule has 2 aromatic rings. The standard InChI is InChI=1S/C18H24N4OS.HI/c1-19-18(21-12-10-17-9-5-6-11-20-17)22-13-14-24(23)15-16-7-3-2-4-8-16;/h2-9,11H,10,12-15H2,1H3,(H2,19,21,22);1H. The number of pyridine rings is 1. The number of hydrogen-bond acceptors (Lipinski definition) is 3. The number of guanidine groups is 1. The molecule has 2 rings (SSSR count). The van der Waals surface area contributed by atoms with Gasteiger partial charge in [-0.1, -0.05) is 36.4 Å². The Morgan fingerprint density at radius 2 is 1.80 bits per heavy atom. The van der Waals surface area contributed by atoms with Crippen LogP contribution in [0.3, 0.4) is 0 Å². The lowest BCUT2D eigenvalue weighted by atomic mass is 10.2. The van der Waals surface area contributed by atoms with Crippen LogP contribution in [0.5, 0.6) is 0 Å². The highest BCUT2D eigenvalue weighted by molar-refractivity contribution is 14.0. The van der Waals surface area contributed by atoms with E-state index in [2.05, 4.69) is 20.6 Å². The van der Waals surface area contributed by atoms with Gasteiger partial charge in [-0.25, -0.2) is 0 Å². The molecular formula is C18H25IN4OS. The summed E-state index contributed by atoms with van der Waals surface area (Å²) in [5.74, 6) is 1.91. The minimum atomic E-state index is -0.880. The van der Waals surface area contributed by atoms with E-state index in [1.807, 2.05) is 48.5 Å². The summed E-state index contributed by atoms with van der Waals surface area (Å²) < 4.78 is 12.1. The second kappa shape index (κ2) is 12.8. The van der Waals surface area contributed by atoms with Crippen molar-refractivity contribution in [1.82, 2.24) is 15.6 Å². The summed E-state index contributed by atoms with van der Waals surface area (Å²) >= 11 is 0. The van der Waals surface area contributed by atoms with E-state index in [1.54, 1.807) is 13.2 Å². The fourth-order valence-corrected chi connectivity index (χ4v) is 3.23. The Morgan fingerprint density at radius 1 is 1.08 bits per heavy atom. The van der Waals surface area contributed by atoms with Crippen LogP contribution in [0.15, 0.2) is 59.7 Å². The maximum absolute atomic E-state index is 12.1. The van der Waals surface area contributed by atoms with Gasteiger partial charge in [-0.15, -0.1) is 24.0 Å². The molecule has 0 spiro atoms. The van der Waals surface area contributed by atoms with Crippen LogP contribution in [0.2, 0.25) is 0 Å². The zero-order valence-electron chi connectivity index (χ0n) is 14.4. The number of aliphatic imine (C=N–C) groups is 1. The second-order valence-electron chi connectivity index (χ2n) is 5.27. The third kappa shape index (κ3) is 8.97. The van der Waals surface area contributed by atoms with Gasteiger partial charge >= 0.3 is 0 Å². The van der Waals surface area contributed by atoms with Crippen LogP contribution >= 0.6 is 24.0 Å². The number of rotatable bonds is 8. The van der Waals surface area contributed by atoms with Crippen LogP contribution in [-0.4, -0.2) is 41.0 Å². The van der Waals surface area contributed by atoms with E-state index in [0.29, 0.717) is 18.1 Å². The molecule has 0 amide bonds. The lowest BCUT2D eigenvalue weighted by Crippen LogP contribution is -2.40. The minimum Gasteiger partial charge on any atom is -0.356 e. The zero-order valence-corrected chi connectivity index (χ0v) is 17.5. The highest BCUT2D eigenvalue weighted by atomic mass is 127. The lowest BCUT2D eigenvalue weighted by molar-refractivity contribution is 0.680. The van der Waals surface area contributed by atoms with Gasteiger partial charge < -0.3 is 10.6 Å². The van der Waals surface area contributed by atoms with E-state index in [4.69, 9.17) is 0 Å². The van der Waals surface area contributed by atoms with Crippen molar-refractivity contribution in [3.8, 4) is 0 Å². The summed E-state index contributed by atoms with van der Waals surface area (Å²) in [4.78, 5) is 8.46. The van der Waals surface area contributed by atoms with Crippen LogP contribution in [-0.2, 0) is 23.0 Å². The molecule has 0 bridgehead atoms. The quantitative estimate of drug-likeness (QED) is 0.352. The number of nitrogens with zero attached hydrogens (tertiary/aromatic N) is 2. The van der Waals surface area contributed by atoms with Crippen molar-refractivity contribution in [2.75, 3.05) is 25.9 Å². The van der Waals surface area contributed by atoms with Gasteiger partial charge in [-0.05, 0) is 17.7 Å². The van der Waals surface area contributed by atoms with E-state index in [9.17, 15) is 4.21 Å². The van der Waals surface area contributed by atoms with Crippen molar-refractivity contribution in [3.63, 3.8) is 0 Å². The molecule has 0 aliphatic heterocycles.